The SMILES string of the molecule is CCNC(Cc1cncs1)CC1CCCCC1. The molecule has 1 aromatic heterocycles. The lowest BCUT2D eigenvalue weighted by Crippen LogP contribution is -2.33. The van der Waals surface area contributed by atoms with Gasteiger partial charge in [-0.1, -0.05) is 39.0 Å². The van der Waals surface area contributed by atoms with Crippen molar-refractivity contribution in [2.24, 2.45) is 5.92 Å². The molecule has 1 aliphatic rings. The van der Waals surface area contributed by atoms with Gasteiger partial charge in [0.15, 0.2) is 0 Å². The van der Waals surface area contributed by atoms with Gasteiger partial charge in [-0.25, -0.2) is 0 Å². The molecule has 0 spiro atoms. The molecule has 17 heavy (non-hydrogen) atoms. The third-order valence-corrected chi connectivity index (χ3v) is 4.57. The van der Waals surface area contributed by atoms with Crippen LogP contribution in [0.3, 0.4) is 0 Å². The van der Waals surface area contributed by atoms with E-state index in [0.717, 1.165) is 18.9 Å². The lowest BCUT2D eigenvalue weighted by molar-refractivity contribution is 0.299. The molecule has 96 valence electrons. The summed E-state index contributed by atoms with van der Waals surface area (Å²) in [5.41, 5.74) is 1.94. The van der Waals surface area contributed by atoms with Crippen LogP contribution in [-0.4, -0.2) is 17.6 Å². The zero-order chi connectivity index (χ0) is 11.9. The fourth-order valence-corrected chi connectivity index (χ4v) is 3.61. The normalized spacial score (nSPS) is 19.4. The van der Waals surface area contributed by atoms with Gasteiger partial charge in [0.1, 0.15) is 0 Å². The van der Waals surface area contributed by atoms with Gasteiger partial charge in [-0.05, 0) is 25.3 Å². The van der Waals surface area contributed by atoms with E-state index in [2.05, 4.69) is 17.2 Å². The minimum Gasteiger partial charge on any atom is -0.314 e. The second-order valence-electron chi connectivity index (χ2n) is 5.17. The second kappa shape index (κ2) is 7.12. The first-order chi connectivity index (χ1) is 8.38. The summed E-state index contributed by atoms with van der Waals surface area (Å²) in [6, 6.07) is 0.656. The molecule has 1 saturated carbocycles. The minimum absolute atomic E-state index is 0.656. The Labute approximate surface area is 109 Å². The average Bonchev–Trinajstić information content (AvgIpc) is 2.83. The summed E-state index contributed by atoms with van der Waals surface area (Å²) in [4.78, 5) is 5.60. The number of aromatic nitrogens is 1. The first-order valence-corrected chi connectivity index (χ1v) is 7.87. The fourth-order valence-electron chi connectivity index (χ4n) is 2.94. The van der Waals surface area contributed by atoms with Crippen molar-refractivity contribution in [3.05, 3.63) is 16.6 Å². The Morgan fingerprint density at radius 2 is 2.24 bits per heavy atom. The van der Waals surface area contributed by atoms with Gasteiger partial charge in [-0.3, -0.25) is 4.98 Å². The maximum atomic E-state index is 4.17. The molecule has 0 saturated heterocycles. The zero-order valence-electron chi connectivity index (χ0n) is 10.8. The first kappa shape index (κ1) is 13.0. The predicted molar refractivity (Wildman–Crippen MR) is 74.5 cm³/mol. The largest absolute Gasteiger partial charge is 0.314 e. The third-order valence-electron chi connectivity index (χ3n) is 3.77. The Hall–Kier alpha value is -0.410. The van der Waals surface area contributed by atoms with Crippen LogP contribution in [0.25, 0.3) is 0 Å². The topological polar surface area (TPSA) is 24.9 Å². The summed E-state index contributed by atoms with van der Waals surface area (Å²) >= 11 is 1.79. The van der Waals surface area contributed by atoms with Gasteiger partial charge in [0.05, 0.1) is 5.51 Å². The average molecular weight is 252 g/mol. The van der Waals surface area contributed by atoms with Gasteiger partial charge in [0.25, 0.3) is 0 Å². The van der Waals surface area contributed by atoms with Crippen LogP contribution in [-0.2, 0) is 6.42 Å². The van der Waals surface area contributed by atoms with Gasteiger partial charge in [0, 0.05) is 17.1 Å². The molecule has 1 aromatic rings. The Kier molecular flexibility index (Phi) is 5.46. The second-order valence-corrected chi connectivity index (χ2v) is 6.14. The van der Waals surface area contributed by atoms with Crippen LogP contribution in [0, 0.1) is 5.92 Å². The number of hydrogen-bond donors (Lipinski definition) is 1. The maximum Gasteiger partial charge on any atom is 0.0794 e. The highest BCUT2D eigenvalue weighted by atomic mass is 32.1. The Bertz CT molecular complexity index is 291. The van der Waals surface area contributed by atoms with E-state index in [1.165, 1.54) is 43.4 Å². The number of thiazole rings is 1. The van der Waals surface area contributed by atoms with Crippen LogP contribution in [0.2, 0.25) is 0 Å². The monoisotopic (exact) mass is 252 g/mol. The van der Waals surface area contributed by atoms with Crippen LogP contribution in [0.4, 0.5) is 0 Å². The molecule has 1 heterocycles. The van der Waals surface area contributed by atoms with Crippen LogP contribution in [0.5, 0.6) is 0 Å². The minimum atomic E-state index is 0.656. The standard InChI is InChI=1S/C14H24N2S/c1-2-16-13(9-14-10-15-11-17-14)8-12-6-4-3-5-7-12/h10-13,16H,2-9H2,1H3. The van der Waals surface area contributed by atoms with E-state index >= 15 is 0 Å². The van der Waals surface area contributed by atoms with Crippen molar-refractivity contribution in [2.75, 3.05) is 6.54 Å². The molecule has 1 fully saturated rings. The molecule has 1 N–H and O–H groups in total. The molecule has 1 unspecified atom stereocenters. The summed E-state index contributed by atoms with van der Waals surface area (Å²) in [5, 5.41) is 3.65. The molecule has 0 aliphatic heterocycles. The van der Waals surface area contributed by atoms with Crippen molar-refractivity contribution in [1.29, 1.82) is 0 Å². The van der Waals surface area contributed by atoms with E-state index in [1.54, 1.807) is 11.3 Å². The highest BCUT2D eigenvalue weighted by Gasteiger charge is 2.19. The van der Waals surface area contributed by atoms with E-state index in [1.807, 2.05) is 11.7 Å². The van der Waals surface area contributed by atoms with Gasteiger partial charge >= 0.3 is 0 Å². The zero-order valence-corrected chi connectivity index (χ0v) is 11.6. The molecular formula is C14H24N2S. The third kappa shape index (κ3) is 4.40. The molecule has 0 aromatic carbocycles. The Morgan fingerprint density at radius 3 is 2.88 bits per heavy atom. The van der Waals surface area contributed by atoms with E-state index < -0.39 is 0 Å². The van der Waals surface area contributed by atoms with Crippen LogP contribution in [0.15, 0.2) is 11.7 Å². The highest BCUT2D eigenvalue weighted by molar-refractivity contribution is 7.09. The lowest BCUT2D eigenvalue weighted by atomic mass is 9.84. The van der Waals surface area contributed by atoms with E-state index in [4.69, 9.17) is 0 Å². The molecule has 2 nitrogen and oxygen atoms in total. The summed E-state index contributed by atoms with van der Waals surface area (Å²) < 4.78 is 0. The van der Waals surface area contributed by atoms with E-state index in [-0.39, 0.29) is 0 Å². The van der Waals surface area contributed by atoms with Crippen molar-refractivity contribution in [2.45, 2.75) is 57.9 Å². The smallest absolute Gasteiger partial charge is 0.0794 e. The molecule has 1 aliphatic carbocycles. The summed E-state index contributed by atoms with van der Waals surface area (Å²) in [5.74, 6) is 0.959. The molecule has 1 atom stereocenters. The van der Waals surface area contributed by atoms with Crippen molar-refractivity contribution in [3.63, 3.8) is 0 Å². The Balaban J connectivity index is 1.83. The molecule has 0 radical (unpaired) electrons. The summed E-state index contributed by atoms with van der Waals surface area (Å²) in [6.07, 6.45) is 11.8. The number of rotatable bonds is 6. The maximum absolute atomic E-state index is 4.17. The van der Waals surface area contributed by atoms with Crippen molar-refractivity contribution in [1.82, 2.24) is 10.3 Å². The van der Waals surface area contributed by atoms with E-state index in [0.29, 0.717) is 6.04 Å². The molecule has 0 amide bonds. The number of likely N-dealkylation sites (N-methyl/N-ethyl adjacent to an activating group) is 1. The summed E-state index contributed by atoms with van der Waals surface area (Å²) in [6.45, 7) is 3.29. The number of nitrogens with zero attached hydrogens (tertiary/aromatic N) is 1. The quantitative estimate of drug-likeness (QED) is 0.836. The van der Waals surface area contributed by atoms with Gasteiger partial charge in [-0.2, -0.15) is 0 Å². The van der Waals surface area contributed by atoms with Crippen molar-refractivity contribution >= 4 is 11.3 Å². The molecule has 3 heteroatoms. The molecule has 0 bridgehead atoms. The van der Waals surface area contributed by atoms with Gasteiger partial charge < -0.3 is 5.32 Å². The lowest BCUT2D eigenvalue weighted by Gasteiger charge is -2.26. The van der Waals surface area contributed by atoms with E-state index in [9.17, 15) is 0 Å². The van der Waals surface area contributed by atoms with Gasteiger partial charge in [0.2, 0.25) is 0 Å². The predicted octanol–water partition coefficient (Wildman–Crippen LogP) is 3.63. The van der Waals surface area contributed by atoms with Gasteiger partial charge in [-0.15, -0.1) is 11.3 Å². The van der Waals surface area contributed by atoms with Crippen LogP contribution < -0.4 is 5.32 Å². The highest BCUT2D eigenvalue weighted by Crippen LogP contribution is 2.28. The number of nitrogens with one attached hydrogen (secondary N) is 1. The fraction of sp³-hybridized carbons (Fsp3) is 0.786. The first-order valence-electron chi connectivity index (χ1n) is 6.99. The van der Waals surface area contributed by atoms with Crippen molar-refractivity contribution in [3.8, 4) is 0 Å². The van der Waals surface area contributed by atoms with Crippen LogP contribution >= 0.6 is 11.3 Å². The summed E-state index contributed by atoms with van der Waals surface area (Å²) in [7, 11) is 0. The van der Waals surface area contributed by atoms with Crippen molar-refractivity contribution < 1.29 is 0 Å². The number of hydrogen-bond acceptors (Lipinski definition) is 3. The molecule has 2 rings (SSSR count). The van der Waals surface area contributed by atoms with Crippen LogP contribution in [0.1, 0.15) is 50.3 Å². The molecular weight excluding hydrogens is 228 g/mol. The Morgan fingerprint density at radius 1 is 1.41 bits per heavy atom.